The van der Waals surface area contributed by atoms with Gasteiger partial charge in [0.25, 0.3) is 0 Å². The number of fused-ring (bicyclic) bond motifs is 1. The number of amides is 1. The van der Waals surface area contributed by atoms with Crippen molar-refractivity contribution in [2.24, 2.45) is 11.8 Å². The summed E-state index contributed by atoms with van der Waals surface area (Å²) in [4.78, 5) is 24.2. The van der Waals surface area contributed by atoms with Crippen LogP contribution in [0.2, 0.25) is 0 Å². The molecule has 1 unspecified atom stereocenters. The van der Waals surface area contributed by atoms with Gasteiger partial charge in [0.15, 0.2) is 0 Å². The quantitative estimate of drug-likeness (QED) is 0.299. The molecule has 2 atom stereocenters. The molecule has 3 aliphatic rings. The van der Waals surface area contributed by atoms with Crippen LogP contribution in [-0.4, -0.2) is 51.1 Å². The van der Waals surface area contributed by atoms with E-state index in [0.717, 1.165) is 53.0 Å². The van der Waals surface area contributed by atoms with Crippen LogP contribution in [0.5, 0.6) is 0 Å². The zero-order valence-corrected chi connectivity index (χ0v) is 25.7. The van der Waals surface area contributed by atoms with Crippen LogP contribution in [0, 0.1) is 11.8 Å². The molecule has 1 fully saturated rings. The minimum absolute atomic E-state index is 0.0194. The summed E-state index contributed by atoms with van der Waals surface area (Å²) in [6.07, 6.45) is 9.67. The lowest BCUT2D eigenvalue weighted by Gasteiger charge is -2.39. The van der Waals surface area contributed by atoms with Gasteiger partial charge in [0.1, 0.15) is 5.82 Å². The van der Waals surface area contributed by atoms with Gasteiger partial charge < -0.3 is 26.0 Å². The first kappa shape index (κ1) is 28.8. The molecule has 40 heavy (non-hydrogen) atoms. The Morgan fingerprint density at radius 3 is 2.85 bits per heavy atom. The number of nitrogens with zero attached hydrogens (tertiary/aromatic N) is 3. The fourth-order valence-corrected chi connectivity index (χ4v) is 6.66. The second-order valence-corrected chi connectivity index (χ2v) is 13.5. The summed E-state index contributed by atoms with van der Waals surface area (Å²) in [5, 5.41) is 20.1. The Bertz CT molecular complexity index is 1350. The van der Waals surface area contributed by atoms with Gasteiger partial charge >= 0.3 is 0 Å². The number of β-amino-alcohol motifs (C(OH)–C–C–N with tert-alkyl or cyclic N) is 1. The molecule has 0 radical (unpaired) electrons. The maximum atomic E-state index is 12.5. The van der Waals surface area contributed by atoms with Crippen molar-refractivity contribution in [3.8, 4) is 0 Å². The number of benzene rings is 1. The number of rotatable bonds is 8. The first-order chi connectivity index (χ1) is 18.9. The third-order valence-corrected chi connectivity index (χ3v) is 8.88. The van der Waals surface area contributed by atoms with Crippen molar-refractivity contribution >= 4 is 39.3 Å². The lowest BCUT2D eigenvalue weighted by atomic mass is 9.79. The van der Waals surface area contributed by atoms with Gasteiger partial charge in [-0.15, -0.1) is 0 Å². The molecule has 0 bridgehead atoms. The highest BCUT2D eigenvalue weighted by Crippen LogP contribution is 2.40. The number of anilines is 3. The Morgan fingerprint density at radius 2 is 2.10 bits per heavy atom. The third-order valence-electron chi connectivity index (χ3n) is 8.30. The summed E-state index contributed by atoms with van der Waals surface area (Å²) in [5.41, 5.74) is 4.06. The topological polar surface area (TPSA) is 102 Å². The van der Waals surface area contributed by atoms with Crippen molar-refractivity contribution in [1.29, 1.82) is 0 Å². The van der Waals surface area contributed by atoms with E-state index in [-0.39, 0.29) is 5.91 Å². The Hall–Kier alpha value is -2.75. The average molecular weight is 610 g/mol. The van der Waals surface area contributed by atoms with Crippen LogP contribution in [0.25, 0.3) is 0 Å². The minimum Gasteiger partial charge on any atom is -0.389 e. The molecular formula is C31H41BrN6O2. The SMILES string of the molecule is CC1=C(Nc2ncc(Br)c(NCc3cccc4c3C(C)(C)C(=O)N4)n2)C=CC([C@@H]2CCCN(CC(C)(C)O)C2)C1. The number of nitrogens with one attached hydrogen (secondary N) is 3. The van der Waals surface area contributed by atoms with Crippen molar-refractivity contribution in [2.45, 2.75) is 71.4 Å². The zero-order chi connectivity index (χ0) is 28.7. The van der Waals surface area contributed by atoms with E-state index in [1.165, 1.54) is 18.4 Å². The van der Waals surface area contributed by atoms with Crippen molar-refractivity contribution in [2.75, 3.05) is 35.6 Å². The van der Waals surface area contributed by atoms with Crippen molar-refractivity contribution in [3.05, 3.63) is 63.4 Å². The van der Waals surface area contributed by atoms with Gasteiger partial charge in [0.2, 0.25) is 11.9 Å². The Kier molecular flexibility index (Phi) is 8.10. The van der Waals surface area contributed by atoms with Gasteiger partial charge in [-0.3, -0.25) is 4.79 Å². The van der Waals surface area contributed by atoms with Gasteiger partial charge in [-0.05, 0) is 117 Å². The van der Waals surface area contributed by atoms with Gasteiger partial charge in [-0.2, -0.15) is 4.98 Å². The summed E-state index contributed by atoms with van der Waals surface area (Å²) in [7, 11) is 0. The Labute approximate surface area is 245 Å². The molecule has 0 spiro atoms. The summed E-state index contributed by atoms with van der Waals surface area (Å²) in [6.45, 7) is 13.2. The molecule has 9 heteroatoms. The number of hydrogen-bond donors (Lipinski definition) is 4. The van der Waals surface area contributed by atoms with E-state index in [2.05, 4.69) is 66.9 Å². The molecule has 1 aromatic carbocycles. The number of piperidine rings is 1. The zero-order valence-electron chi connectivity index (χ0n) is 24.1. The van der Waals surface area contributed by atoms with Crippen LogP contribution in [0.1, 0.15) is 65.0 Å². The van der Waals surface area contributed by atoms with Gasteiger partial charge in [-0.25, -0.2) is 4.98 Å². The number of hydrogen-bond acceptors (Lipinski definition) is 7. The van der Waals surface area contributed by atoms with E-state index in [9.17, 15) is 9.90 Å². The Balaban J connectivity index is 1.24. The van der Waals surface area contributed by atoms with Crippen molar-refractivity contribution in [1.82, 2.24) is 14.9 Å². The van der Waals surface area contributed by atoms with E-state index in [1.807, 2.05) is 39.8 Å². The maximum absolute atomic E-state index is 12.5. The number of aliphatic hydroxyl groups is 1. The standard InChI is InChI=1S/C31H41BrN6O2/c1-19-14-20(22-9-7-13-38(17-22)18-30(2,3)40)11-12-24(19)36-29-34-16-23(32)27(37-29)33-15-21-8-6-10-25-26(21)31(4,5)28(39)35-25/h6,8,10-12,16,20,22,40H,7,9,13-15,17-18H2,1-5H3,(H,35,39)(H2,33,34,36,37)/t20?,22-/m1/s1. The predicted molar refractivity (Wildman–Crippen MR) is 164 cm³/mol. The fraction of sp³-hybridized carbons (Fsp3) is 0.516. The first-order valence-corrected chi connectivity index (χ1v) is 15.0. The molecule has 8 nitrogen and oxygen atoms in total. The monoisotopic (exact) mass is 608 g/mol. The normalized spacial score (nSPS) is 22.7. The molecule has 2 aromatic rings. The molecule has 1 aliphatic carbocycles. The highest BCUT2D eigenvalue weighted by atomic mass is 79.9. The van der Waals surface area contributed by atoms with Gasteiger partial charge in [0, 0.05) is 37.2 Å². The number of allylic oxidation sites excluding steroid dienone is 3. The van der Waals surface area contributed by atoms with E-state index in [0.29, 0.717) is 30.1 Å². The molecule has 1 amide bonds. The van der Waals surface area contributed by atoms with Crippen LogP contribution >= 0.6 is 15.9 Å². The molecule has 214 valence electrons. The summed E-state index contributed by atoms with van der Waals surface area (Å²) < 4.78 is 0.775. The average Bonchev–Trinajstić information content (AvgIpc) is 3.13. The number of carbonyl (C=O) groups excluding carboxylic acids is 1. The van der Waals surface area contributed by atoms with E-state index in [1.54, 1.807) is 6.20 Å². The number of likely N-dealkylation sites (tertiary alicyclic amines) is 1. The van der Waals surface area contributed by atoms with E-state index >= 15 is 0 Å². The molecule has 3 heterocycles. The third kappa shape index (κ3) is 6.26. The fourth-order valence-electron chi connectivity index (χ4n) is 6.33. The highest BCUT2D eigenvalue weighted by Gasteiger charge is 2.40. The number of halogens is 1. The van der Waals surface area contributed by atoms with Crippen LogP contribution in [0.4, 0.5) is 17.5 Å². The number of carbonyl (C=O) groups is 1. The summed E-state index contributed by atoms with van der Waals surface area (Å²) in [6, 6.07) is 5.97. The maximum Gasteiger partial charge on any atom is 0.234 e. The molecule has 4 N–H and O–H groups in total. The van der Waals surface area contributed by atoms with Gasteiger partial charge in [0.05, 0.1) is 15.5 Å². The molecule has 1 saturated heterocycles. The molecule has 0 saturated carbocycles. The smallest absolute Gasteiger partial charge is 0.234 e. The van der Waals surface area contributed by atoms with Crippen LogP contribution in [-0.2, 0) is 16.8 Å². The molecular weight excluding hydrogens is 568 g/mol. The molecule has 1 aromatic heterocycles. The van der Waals surface area contributed by atoms with E-state index < -0.39 is 11.0 Å². The van der Waals surface area contributed by atoms with E-state index in [4.69, 9.17) is 4.98 Å². The minimum atomic E-state index is -0.663. The first-order valence-electron chi connectivity index (χ1n) is 14.2. The second kappa shape index (κ2) is 11.3. The number of aromatic nitrogens is 2. The lowest BCUT2D eigenvalue weighted by molar-refractivity contribution is -0.119. The largest absolute Gasteiger partial charge is 0.389 e. The predicted octanol–water partition coefficient (Wildman–Crippen LogP) is 5.83. The van der Waals surface area contributed by atoms with Crippen LogP contribution in [0.3, 0.4) is 0 Å². The van der Waals surface area contributed by atoms with Crippen molar-refractivity contribution < 1.29 is 9.90 Å². The molecule has 2 aliphatic heterocycles. The van der Waals surface area contributed by atoms with Crippen LogP contribution in [0.15, 0.2) is 52.3 Å². The van der Waals surface area contributed by atoms with Crippen LogP contribution < -0.4 is 16.0 Å². The Morgan fingerprint density at radius 1 is 1.30 bits per heavy atom. The van der Waals surface area contributed by atoms with Gasteiger partial charge in [-0.1, -0.05) is 18.2 Å². The lowest BCUT2D eigenvalue weighted by Crippen LogP contribution is -2.45. The molecule has 5 rings (SSSR count). The van der Waals surface area contributed by atoms with Crippen molar-refractivity contribution in [3.63, 3.8) is 0 Å². The summed E-state index contributed by atoms with van der Waals surface area (Å²) in [5.74, 6) is 2.34. The summed E-state index contributed by atoms with van der Waals surface area (Å²) >= 11 is 3.58. The second-order valence-electron chi connectivity index (χ2n) is 12.7. The highest BCUT2D eigenvalue weighted by molar-refractivity contribution is 9.10.